The van der Waals surface area contributed by atoms with Crippen LogP contribution >= 0.6 is 0 Å². The summed E-state index contributed by atoms with van der Waals surface area (Å²) in [5, 5.41) is 9.55. The summed E-state index contributed by atoms with van der Waals surface area (Å²) in [6.07, 6.45) is 0. The molecule has 0 unspecified atom stereocenters. The second-order valence-corrected chi connectivity index (χ2v) is 3.82. The van der Waals surface area contributed by atoms with Crippen LogP contribution in [-0.4, -0.2) is 25.5 Å². The summed E-state index contributed by atoms with van der Waals surface area (Å²) in [6.45, 7) is -0.106. The highest BCUT2D eigenvalue weighted by Gasteiger charge is 2.47. The van der Waals surface area contributed by atoms with Gasteiger partial charge in [-0.1, -0.05) is 23.8 Å². The molecular weight excluding hydrogens is 201 g/mol. The molecule has 0 saturated heterocycles. The molecule has 2 rings (SSSR count). The lowest BCUT2D eigenvalue weighted by Gasteiger charge is -2.23. The van der Waals surface area contributed by atoms with Crippen molar-refractivity contribution in [3.05, 3.63) is 29.3 Å². The number of hydrogen-bond acceptors (Lipinski definition) is 2. The zero-order valence-electron chi connectivity index (χ0n) is 8.34. The summed E-state index contributed by atoms with van der Waals surface area (Å²) in [5.74, 6) is 0. The third kappa shape index (κ3) is 1.46. The number of rotatable bonds is 2. The fourth-order valence-electron chi connectivity index (χ4n) is 1.88. The normalized spacial score (nSPS) is 18.0. The molecule has 15 heavy (non-hydrogen) atoms. The highest BCUT2D eigenvalue weighted by Crippen LogP contribution is 2.32. The summed E-state index contributed by atoms with van der Waals surface area (Å²) in [5.41, 5.74) is 0.184. The van der Waals surface area contributed by atoms with Gasteiger partial charge in [-0.15, -0.1) is 0 Å². The second kappa shape index (κ2) is 3.57. The van der Waals surface area contributed by atoms with Crippen molar-refractivity contribution >= 4 is 12.6 Å². The van der Waals surface area contributed by atoms with Crippen molar-refractivity contribution < 1.29 is 18.5 Å². The average Bonchev–Trinajstić information content (AvgIpc) is 2.52. The average molecular weight is 212 g/mol. The molecular formula is C10H11BF2O2. The molecule has 1 N–H and O–H groups in total. The van der Waals surface area contributed by atoms with Crippen molar-refractivity contribution in [3.8, 4) is 0 Å². The standard InChI is InChI=1S/C10H11BF2O2/c1-7-2-3-8-9(4-7)11(14)15-10(8,5-12)6-13/h2-4,14H,5-6H2,1H3. The van der Waals surface area contributed by atoms with Crippen molar-refractivity contribution in [1.82, 2.24) is 0 Å². The van der Waals surface area contributed by atoms with Crippen LogP contribution in [0, 0.1) is 6.92 Å². The van der Waals surface area contributed by atoms with Crippen LogP contribution < -0.4 is 5.46 Å². The van der Waals surface area contributed by atoms with Crippen LogP contribution in [0.25, 0.3) is 0 Å². The first kappa shape index (κ1) is 10.6. The van der Waals surface area contributed by atoms with Gasteiger partial charge in [-0.25, -0.2) is 8.78 Å². The Hall–Kier alpha value is -0.935. The SMILES string of the molecule is Cc1ccc2c(c1)B(O)OC2(CF)CF. The van der Waals surface area contributed by atoms with Gasteiger partial charge >= 0.3 is 7.12 Å². The Morgan fingerprint density at radius 1 is 1.40 bits per heavy atom. The second-order valence-electron chi connectivity index (χ2n) is 3.82. The third-order valence-electron chi connectivity index (χ3n) is 2.73. The Morgan fingerprint density at radius 3 is 2.67 bits per heavy atom. The molecule has 1 aliphatic heterocycles. The van der Waals surface area contributed by atoms with E-state index in [1.54, 1.807) is 18.2 Å². The van der Waals surface area contributed by atoms with E-state index in [2.05, 4.69) is 0 Å². The highest BCUT2D eigenvalue weighted by atomic mass is 19.1. The van der Waals surface area contributed by atoms with Gasteiger partial charge in [0.05, 0.1) is 0 Å². The summed E-state index contributed by atoms with van der Waals surface area (Å²) >= 11 is 0. The van der Waals surface area contributed by atoms with Crippen LogP contribution in [0.15, 0.2) is 18.2 Å². The molecule has 0 saturated carbocycles. The fraction of sp³-hybridized carbons (Fsp3) is 0.400. The van der Waals surface area contributed by atoms with E-state index in [-0.39, 0.29) is 0 Å². The first-order chi connectivity index (χ1) is 7.13. The van der Waals surface area contributed by atoms with E-state index in [0.29, 0.717) is 11.0 Å². The molecule has 2 nitrogen and oxygen atoms in total. The number of hydrogen-bond donors (Lipinski definition) is 1. The zero-order valence-corrected chi connectivity index (χ0v) is 8.34. The maximum absolute atomic E-state index is 12.8. The van der Waals surface area contributed by atoms with Crippen LogP contribution in [0.3, 0.4) is 0 Å². The molecule has 80 valence electrons. The molecule has 1 aliphatic rings. The van der Waals surface area contributed by atoms with E-state index in [1.807, 2.05) is 6.92 Å². The van der Waals surface area contributed by atoms with Gasteiger partial charge in [0.25, 0.3) is 0 Å². The van der Waals surface area contributed by atoms with E-state index in [0.717, 1.165) is 5.56 Å². The van der Waals surface area contributed by atoms with E-state index < -0.39 is 26.1 Å². The summed E-state index contributed by atoms with van der Waals surface area (Å²) in [6, 6.07) is 5.05. The predicted octanol–water partition coefficient (Wildman–Crippen LogP) is 0.847. The molecule has 5 heteroatoms. The van der Waals surface area contributed by atoms with Crippen molar-refractivity contribution in [2.75, 3.05) is 13.3 Å². The van der Waals surface area contributed by atoms with Gasteiger partial charge in [-0.2, -0.15) is 0 Å². The number of fused-ring (bicyclic) bond motifs is 1. The van der Waals surface area contributed by atoms with E-state index in [9.17, 15) is 13.8 Å². The van der Waals surface area contributed by atoms with Gasteiger partial charge in [0.1, 0.15) is 19.0 Å². The summed E-state index contributed by atoms with van der Waals surface area (Å²) in [4.78, 5) is 0. The maximum Gasteiger partial charge on any atom is 0.492 e. The first-order valence-electron chi connectivity index (χ1n) is 4.72. The molecule has 1 aromatic carbocycles. The molecule has 0 fully saturated rings. The minimum atomic E-state index is -1.61. The molecule has 0 aliphatic carbocycles. The minimum Gasteiger partial charge on any atom is -0.423 e. The van der Waals surface area contributed by atoms with E-state index >= 15 is 0 Å². The molecule has 0 atom stereocenters. The number of alkyl halides is 2. The van der Waals surface area contributed by atoms with E-state index in [1.165, 1.54) is 0 Å². The highest BCUT2D eigenvalue weighted by molar-refractivity contribution is 6.62. The lowest BCUT2D eigenvalue weighted by atomic mass is 9.77. The quantitative estimate of drug-likeness (QED) is 0.736. The van der Waals surface area contributed by atoms with Gasteiger partial charge in [0.2, 0.25) is 0 Å². The lowest BCUT2D eigenvalue weighted by molar-refractivity contribution is 0.0106. The molecule has 0 bridgehead atoms. The fourth-order valence-corrected chi connectivity index (χ4v) is 1.88. The molecule has 1 aromatic rings. The van der Waals surface area contributed by atoms with Gasteiger partial charge in [0.15, 0.2) is 0 Å². The minimum absolute atomic E-state index is 0.408. The first-order valence-corrected chi connectivity index (χ1v) is 4.72. The van der Waals surface area contributed by atoms with Crippen molar-refractivity contribution in [2.24, 2.45) is 0 Å². The van der Waals surface area contributed by atoms with Gasteiger partial charge in [-0.05, 0) is 17.9 Å². The lowest BCUT2D eigenvalue weighted by Crippen LogP contribution is -2.33. The van der Waals surface area contributed by atoms with Gasteiger partial charge in [-0.3, -0.25) is 0 Å². The van der Waals surface area contributed by atoms with Crippen molar-refractivity contribution in [2.45, 2.75) is 12.5 Å². The predicted molar refractivity (Wildman–Crippen MR) is 53.5 cm³/mol. The smallest absolute Gasteiger partial charge is 0.423 e. The number of benzene rings is 1. The third-order valence-corrected chi connectivity index (χ3v) is 2.73. The Bertz CT molecular complexity index is 380. The number of aryl methyl sites for hydroxylation is 1. The van der Waals surface area contributed by atoms with Crippen LogP contribution in [0.4, 0.5) is 8.78 Å². The Morgan fingerprint density at radius 2 is 2.07 bits per heavy atom. The molecule has 0 radical (unpaired) electrons. The van der Waals surface area contributed by atoms with Crippen LogP contribution in [-0.2, 0) is 10.3 Å². The molecule has 0 aromatic heterocycles. The van der Waals surface area contributed by atoms with Gasteiger partial charge < -0.3 is 9.68 Å². The molecule has 0 amide bonds. The Balaban J connectivity index is 2.55. The van der Waals surface area contributed by atoms with Crippen LogP contribution in [0.2, 0.25) is 0 Å². The largest absolute Gasteiger partial charge is 0.492 e. The van der Waals surface area contributed by atoms with Crippen LogP contribution in [0.1, 0.15) is 11.1 Å². The Kier molecular flexibility index (Phi) is 2.52. The van der Waals surface area contributed by atoms with Crippen molar-refractivity contribution in [1.29, 1.82) is 0 Å². The molecule has 0 spiro atoms. The van der Waals surface area contributed by atoms with Crippen LogP contribution in [0.5, 0.6) is 0 Å². The maximum atomic E-state index is 12.8. The monoisotopic (exact) mass is 212 g/mol. The van der Waals surface area contributed by atoms with Crippen molar-refractivity contribution in [3.63, 3.8) is 0 Å². The molecule has 1 heterocycles. The Labute approximate surface area is 87.0 Å². The summed E-state index contributed by atoms with van der Waals surface area (Å²) < 4.78 is 30.6. The van der Waals surface area contributed by atoms with E-state index in [4.69, 9.17) is 4.65 Å². The summed E-state index contributed by atoms with van der Waals surface area (Å²) in [7, 11) is -1.23. The zero-order chi connectivity index (χ0) is 11.1. The topological polar surface area (TPSA) is 29.5 Å². The number of halogens is 2. The van der Waals surface area contributed by atoms with Gasteiger partial charge in [0, 0.05) is 0 Å².